The zero-order valence-corrected chi connectivity index (χ0v) is 36.8. The van der Waals surface area contributed by atoms with Gasteiger partial charge in [-0.25, -0.2) is 4.79 Å². The minimum absolute atomic E-state index is 0. The van der Waals surface area contributed by atoms with Crippen molar-refractivity contribution in [2.24, 2.45) is 0 Å². The normalized spacial score (nSPS) is 10.8. The van der Waals surface area contributed by atoms with Gasteiger partial charge < -0.3 is 25.2 Å². The molecule has 55 heavy (non-hydrogen) atoms. The van der Waals surface area contributed by atoms with Crippen molar-refractivity contribution in [2.75, 3.05) is 6.61 Å². The summed E-state index contributed by atoms with van der Waals surface area (Å²) >= 11 is 0. The molecule has 0 unspecified atom stereocenters. The van der Waals surface area contributed by atoms with Crippen molar-refractivity contribution < 1.29 is 51.8 Å². The van der Waals surface area contributed by atoms with E-state index < -0.39 is 29.2 Å². The third kappa shape index (κ3) is 38.7. The van der Waals surface area contributed by atoms with E-state index in [2.05, 4.69) is 13.8 Å². The van der Waals surface area contributed by atoms with Crippen LogP contribution in [0, 0.1) is 0 Å². The van der Waals surface area contributed by atoms with Gasteiger partial charge in [-0.1, -0.05) is 226 Å². The van der Waals surface area contributed by atoms with Crippen molar-refractivity contribution in [2.45, 2.75) is 245 Å². The molecule has 0 saturated heterocycles. The summed E-state index contributed by atoms with van der Waals surface area (Å²) in [5.41, 5.74) is 0.0287. The van der Waals surface area contributed by atoms with Gasteiger partial charge in [0.25, 0.3) is 0 Å². The number of benzene rings is 1. The Labute approximate surface area is 349 Å². The Kier molecular flexibility index (Phi) is 43.3. The van der Waals surface area contributed by atoms with E-state index in [4.69, 9.17) is 9.84 Å². The van der Waals surface area contributed by atoms with E-state index in [0.29, 0.717) is 13.0 Å². The molecule has 0 aliphatic rings. The summed E-state index contributed by atoms with van der Waals surface area (Å²) in [6, 6.07) is 2.18. The first-order chi connectivity index (χ1) is 26.3. The number of rotatable bonds is 38. The Morgan fingerprint density at radius 3 is 0.964 bits per heavy atom. The quantitative estimate of drug-likeness (QED) is 0.0227. The molecule has 0 amide bonds. The van der Waals surface area contributed by atoms with Gasteiger partial charge in [0.05, 0.1) is 12.2 Å². The van der Waals surface area contributed by atoms with E-state index in [1.807, 2.05) is 0 Å². The molecule has 8 heteroatoms. The molecule has 0 radical (unpaired) electrons. The van der Waals surface area contributed by atoms with Crippen LogP contribution in [0.15, 0.2) is 12.1 Å². The van der Waals surface area contributed by atoms with Crippen molar-refractivity contribution in [3.8, 4) is 17.2 Å². The molecular weight excluding hydrogens is 732 g/mol. The number of aliphatic carboxylic acids is 1. The summed E-state index contributed by atoms with van der Waals surface area (Å²) in [7, 11) is 0. The summed E-state index contributed by atoms with van der Waals surface area (Å²) in [4.78, 5) is 22.3. The van der Waals surface area contributed by atoms with Gasteiger partial charge >= 0.3 is 11.9 Å². The van der Waals surface area contributed by atoms with Crippen molar-refractivity contribution >= 4 is 11.9 Å². The predicted molar refractivity (Wildman–Crippen MR) is 227 cm³/mol. The fraction of sp³-hybridized carbons (Fsp3) is 0.830. The average Bonchev–Trinajstić information content (AvgIpc) is 3.15. The van der Waals surface area contributed by atoms with E-state index in [9.17, 15) is 24.9 Å². The number of carbonyl (C=O) groups excluding carboxylic acids is 1. The summed E-state index contributed by atoms with van der Waals surface area (Å²) in [6.07, 6.45) is 46.7. The zero-order chi connectivity index (χ0) is 39.7. The third-order valence-electron chi connectivity index (χ3n) is 10.5. The van der Waals surface area contributed by atoms with Crippen molar-refractivity contribution in [3.63, 3.8) is 0 Å². The van der Waals surface area contributed by atoms with Crippen molar-refractivity contribution in [3.05, 3.63) is 17.7 Å². The van der Waals surface area contributed by atoms with Crippen LogP contribution in [0.5, 0.6) is 17.2 Å². The third-order valence-corrected chi connectivity index (χ3v) is 10.5. The van der Waals surface area contributed by atoms with E-state index in [1.165, 1.54) is 193 Å². The van der Waals surface area contributed by atoms with Gasteiger partial charge in [0.2, 0.25) is 0 Å². The van der Waals surface area contributed by atoms with E-state index in [1.54, 1.807) is 0 Å². The van der Waals surface area contributed by atoms with Crippen molar-refractivity contribution in [1.82, 2.24) is 0 Å². The Bertz CT molecular complexity index is 963. The number of aromatic hydroxyl groups is 3. The second kappa shape index (κ2) is 43.2. The number of carbonyl (C=O) groups is 2. The smallest absolute Gasteiger partial charge is 0.338 e. The summed E-state index contributed by atoms with van der Waals surface area (Å²) < 4.78 is 5.17. The molecule has 0 aromatic heterocycles. The molecule has 0 saturated carbocycles. The molecule has 0 atom stereocenters. The van der Waals surface area contributed by atoms with Crippen LogP contribution in [-0.4, -0.2) is 39.0 Å². The SMILES string of the molecule is CCCCCCCCCCCCCCCCCC(=O)O.CCCCCCCCCCCCCCCCCCCCCCOC(=O)c1cc(O)c(O)c(O)c1.[Fe]. The number of hydrogen-bond acceptors (Lipinski definition) is 6. The van der Waals surface area contributed by atoms with Gasteiger partial charge in [-0.3, -0.25) is 4.79 Å². The van der Waals surface area contributed by atoms with Crippen LogP contribution in [-0.2, 0) is 26.6 Å². The summed E-state index contributed by atoms with van der Waals surface area (Å²) in [5.74, 6) is -2.97. The molecule has 324 valence electrons. The molecule has 0 aliphatic carbocycles. The molecule has 1 aromatic carbocycles. The first-order valence-corrected chi connectivity index (χ1v) is 23.0. The maximum absolute atomic E-state index is 11.9. The van der Waals surface area contributed by atoms with Crippen molar-refractivity contribution in [1.29, 1.82) is 0 Å². The maximum atomic E-state index is 11.9. The Balaban J connectivity index is 0. The number of hydrogen-bond donors (Lipinski definition) is 4. The molecule has 4 N–H and O–H groups in total. The fourth-order valence-corrected chi connectivity index (χ4v) is 6.98. The van der Waals surface area contributed by atoms with Crippen LogP contribution >= 0.6 is 0 Å². The van der Waals surface area contributed by atoms with E-state index in [-0.39, 0.29) is 22.6 Å². The number of esters is 1. The van der Waals surface area contributed by atoms with Crippen LogP contribution in [0.25, 0.3) is 0 Å². The number of phenols is 3. The molecule has 1 rings (SSSR count). The Morgan fingerprint density at radius 2 is 0.691 bits per heavy atom. The first-order valence-electron chi connectivity index (χ1n) is 23.0. The van der Waals surface area contributed by atoms with E-state index >= 15 is 0 Å². The number of phenolic OH excluding ortho intramolecular Hbond substituents is 3. The number of unbranched alkanes of at least 4 members (excludes halogenated alkanes) is 33. The van der Waals surface area contributed by atoms with Gasteiger partial charge in [-0.05, 0) is 25.0 Å². The molecule has 0 spiro atoms. The standard InChI is InChI=1S/C29H50O5.C18H36O2.Fe/c1-2-3-4-5-6-7-8-9-10-11-12-13-14-15-16-17-18-19-20-21-22-34-29(33)25-23-26(30)28(32)27(31)24-25;1-2-3-4-5-6-7-8-9-10-11-12-13-14-15-16-17-18(19)20;/h23-24,30-32H,2-22H2,1H3;2-17H2,1H3,(H,19,20);. The van der Waals surface area contributed by atoms with E-state index in [0.717, 1.165) is 44.2 Å². The van der Waals surface area contributed by atoms with Crippen LogP contribution in [0.3, 0.4) is 0 Å². The number of ether oxygens (including phenoxy) is 1. The minimum atomic E-state index is -0.653. The van der Waals surface area contributed by atoms with Crippen LogP contribution in [0.1, 0.15) is 255 Å². The second-order valence-electron chi connectivity index (χ2n) is 15.8. The minimum Gasteiger partial charge on any atom is -0.504 e. The molecular formula is C47H86FeO7. The molecule has 0 fully saturated rings. The molecule has 0 bridgehead atoms. The zero-order valence-electron chi connectivity index (χ0n) is 35.7. The second-order valence-corrected chi connectivity index (χ2v) is 15.8. The molecule has 0 aliphatic heterocycles. The summed E-state index contributed by atoms with van der Waals surface area (Å²) in [5, 5.41) is 36.8. The first kappa shape index (κ1) is 55.2. The molecule has 1 aromatic rings. The van der Waals surface area contributed by atoms with Gasteiger partial charge in [0.15, 0.2) is 17.2 Å². The van der Waals surface area contributed by atoms with Crippen LogP contribution in [0.4, 0.5) is 0 Å². The largest absolute Gasteiger partial charge is 0.504 e. The Hall–Kier alpha value is -1.92. The van der Waals surface area contributed by atoms with Gasteiger partial charge in [0, 0.05) is 23.5 Å². The molecule has 0 heterocycles. The topological polar surface area (TPSA) is 124 Å². The van der Waals surface area contributed by atoms with Gasteiger partial charge in [0.1, 0.15) is 0 Å². The van der Waals surface area contributed by atoms with Gasteiger partial charge in [-0.2, -0.15) is 0 Å². The predicted octanol–water partition coefficient (Wildman–Crippen LogP) is 15.1. The average molecular weight is 819 g/mol. The van der Waals surface area contributed by atoms with Crippen LogP contribution in [0.2, 0.25) is 0 Å². The fourth-order valence-electron chi connectivity index (χ4n) is 6.98. The monoisotopic (exact) mass is 819 g/mol. The van der Waals surface area contributed by atoms with Gasteiger partial charge in [-0.15, -0.1) is 0 Å². The summed E-state index contributed by atoms with van der Waals surface area (Å²) in [6.45, 7) is 4.87. The Morgan fingerprint density at radius 1 is 0.436 bits per heavy atom. The molecule has 7 nitrogen and oxygen atoms in total. The number of carboxylic acids is 1. The maximum Gasteiger partial charge on any atom is 0.338 e. The number of carboxylic acid groups (broad SMARTS) is 1. The van der Waals surface area contributed by atoms with Crippen LogP contribution < -0.4 is 0 Å².